The second-order valence-electron chi connectivity index (χ2n) is 5.53. The monoisotopic (exact) mass is 347 g/mol. The first-order valence-electron chi connectivity index (χ1n) is 7.81. The maximum atomic E-state index is 12.1. The smallest absolute Gasteiger partial charge is 0.230 e. The van der Waals surface area contributed by atoms with Gasteiger partial charge in [0.15, 0.2) is 0 Å². The predicted molar refractivity (Wildman–Crippen MR) is 100 cm³/mol. The summed E-state index contributed by atoms with van der Waals surface area (Å²) in [5, 5.41) is 3.86. The zero-order valence-electron chi connectivity index (χ0n) is 13.5. The van der Waals surface area contributed by atoms with Crippen LogP contribution in [-0.2, 0) is 4.79 Å². The summed E-state index contributed by atoms with van der Waals surface area (Å²) in [4.78, 5) is 12.1. The van der Waals surface area contributed by atoms with Crippen LogP contribution in [-0.4, -0.2) is 17.7 Å². The van der Waals surface area contributed by atoms with Gasteiger partial charge in [-0.1, -0.05) is 61.0 Å². The van der Waals surface area contributed by atoms with Crippen molar-refractivity contribution in [3.05, 3.63) is 70.7 Å². The average molecular weight is 348 g/mol. The van der Waals surface area contributed by atoms with E-state index in [1.54, 1.807) is 11.8 Å². The Morgan fingerprint density at radius 2 is 1.70 bits per heavy atom. The Morgan fingerprint density at radius 1 is 1.09 bits per heavy atom. The molecular formula is C19H22ClNOS. The lowest BCUT2D eigenvalue weighted by Crippen LogP contribution is -2.33. The third-order valence-electron chi connectivity index (χ3n) is 3.68. The van der Waals surface area contributed by atoms with E-state index >= 15 is 0 Å². The molecule has 0 radical (unpaired) electrons. The number of amides is 1. The minimum absolute atomic E-state index is 0.0826. The molecule has 122 valence electrons. The fourth-order valence-electron chi connectivity index (χ4n) is 2.23. The topological polar surface area (TPSA) is 29.1 Å². The van der Waals surface area contributed by atoms with Crippen LogP contribution < -0.4 is 5.32 Å². The second kappa shape index (κ2) is 8.99. The number of hydrogen-bond acceptors (Lipinski definition) is 2. The van der Waals surface area contributed by atoms with E-state index in [1.165, 1.54) is 5.56 Å². The molecule has 0 saturated carbocycles. The Bertz CT molecular complexity index is 615. The number of carbonyl (C=O) groups excluding carboxylic acids is 1. The van der Waals surface area contributed by atoms with Crippen LogP contribution in [0.5, 0.6) is 0 Å². The van der Waals surface area contributed by atoms with E-state index in [0.717, 1.165) is 17.0 Å². The standard InChI is InChI=1S/C19H22ClNOS/c1-3-14(2)21-18(22)13-23-19(15-7-5-4-6-8-15)16-9-11-17(20)12-10-16/h4-12,14,19H,3,13H2,1-2H3,(H,21,22)/t14-,19+/m1/s1. The molecule has 2 aromatic rings. The normalized spacial score (nSPS) is 13.3. The highest BCUT2D eigenvalue weighted by molar-refractivity contribution is 8.00. The molecule has 0 heterocycles. The number of carbonyl (C=O) groups is 1. The molecule has 0 aromatic heterocycles. The molecule has 0 spiro atoms. The molecule has 2 atom stereocenters. The third kappa shape index (κ3) is 5.60. The number of nitrogens with one attached hydrogen (secondary N) is 1. The zero-order chi connectivity index (χ0) is 16.7. The van der Waals surface area contributed by atoms with E-state index in [9.17, 15) is 4.79 Å². The number of thioether (sulfide) groups is 1. The Labute approximate surface area is 147 Å². The molecule has 1 N–H and O–H groups in total. The van der Waals surface area contributed by atoms with E-state index < -0.39 is 0 Å². The van der Waals surface area contributed by atoms with Gasteiger partial charge in [-0.15, -0.1) is 11.8 Å². The summed E-state index contributed by atoms with van der Waals surface area (Å²) >= 11 is 7.63. The fourth-order valence-corrected chi connectivity index (χ4v) is 3.45. The lowest BCUT2D eigenvalue weighted by atomic mass is 10.0. The number of benzene rings is 2. The second-order valence-corrected chi connectivity index (χ2v) is 7.06. The lowest BCUT2D eigenvalue weighted by molar-refractivity contribution is -0.119. The van der Waals surface area contributed by atoms with Crippen molar-refractivity contribution in [3.8, 4) is 0 Å². The molecule has 0 unspecified atom stereocenters. The quantitative estimate of drug-likeness (QED) is 0.756. The van der Waals surface area contributed by atoms with Crippen LogP contribution in [0, 0.1) is 0 Å². The minimum atomic E-state index is 0.0826. The fraction of sp³-hybridized carbons (Fsp3) is 0.316. The molecule has 0 aliphatic carbocycles. The summed E-state index contributed by atoms with van der Waals surface area (Å²) in [5.41, 5.74) is 2.35. The van der Waals surface area contributed by atoms with E-state index in [4.69, 9.17) is 11.6 Å². The Kier molecular flexibility index (Phi) is 7.00. The van der Waals surface area contributed by atoms with Crippen molar-refractivity contribution in [3.63, 3.8) is 0 Å². The van der Waals surface area contributed by atoms with Gasteiger partial charge in [-0.25, -0.2) is 0 Å². The van der Waals surface area contributed by atoms with E-state index in [0.29, 0.717) is 5.75 Å². The summed E-state index contributed by atoms with van der Waals surface area (Å²) in [7, 11) is 0. The highest BCUT2D eigenvalue weighted by atomic mass is 35.5. The number of rotatable bonds is 7. The SMILES string of the molecule is CC[C@@H](C)NC(=O)CS[C@@H](c1ccccc1)c1ccc(Cl)cc1. The highest BCUT2D eigenvalue weighted by Crippen LogP contribution is 2.35. The Balaban J connectivity index is 2.12. The molecular weight excluding hydrogens is 326 g/mol. The largest absolute Gasteiger partial charge is 0.353 e. The molecule has 2 rings (SSSR count). The summed E-state index contributed by atoms with van der Waals surface area (Å²) in [6.45, 7) is 4.09. The summed E-state index contributed by atoms with van der Waals surface area (Å²) in [6.07, 6.45) is 0.940. The van der Waals surface area contributed by atoms with Crippen LogP contribution >= 0.6 is 23.4 Å². The van der Waals surface area contributed by atoms with Crippen LogP contribution in [0.3, 0.4) is 0 Å². The van der Waals surface area contributed by atoms with Gasteiger partial charge in [0.2, 0.25) is 5.91 Å². The van der Waals surface area contributed by atoms with Gasteiger partial charge in [-0.3, -0.25) is 4.79 Å². The molecule has 0 aliphatic rings. The maximum Gasteiger partial charge on any atom is 0.230 e. The molecule has 23 heavy (non-hydrogen) atoms. The van der Waals surface area contributed by atoms with Crippen LogP contribution in [0.1, 0.15) is 36.6 Å². The predicted octanol–water partition coefficient (Wildman–Crippen LogP) is 5.08. The van der Waals surface area contributed by atoms with Crippen molar-refractivity contribution in [1.82, 2.24) is 5.32 Å². The van der Waals surface area contributed by atoms with Gasteiger partial charge >= 0.3 is 0 Å². The first kappa shape index (κ1) is 17.9. The van der Waals surface area contributed by atoms with Crippen molar-refractivity contribution in [2.75, 3.05) is 5.75 Å². The first-order valence-corrected chi connectivity index (χ1v) is 9.24. The Hall–Kier alpha value is -1.45. The van der Waals surface area contributed by atoms with Gasteiger partial charge in [-0.2, -0.15) is 0 Å². The van der Waals surface area contributed by atoms with Crippen LogP contribution in [0.25, 0.3) is 0 Å². The number of halogens is 1. The molecule has 0 saturated heterocycles. The highest BCUT2D eigenvalue weighted by Gasteiger charge is 2.17. The Morgan fingerprint density at radius 3 is 2.30 bits per heavy atom. The molecule has 2 nitrogen and oxygen atoms in total. The van der Waals surface area contributed by atoms with Crippen molar-refractivity contribution in [2.45, 2.75) is 31.6 Å². The average Bonchev–Trinajstić information content (AvgIpc) is 2.57. The molecule has 1 amide bonds. The van der Waals surface area contributed by atoms with Gasteiger partial charge in [0.25, 0.3) is 0 Å². The van der Waals surface area contributed by atoms with Crippen molar-refractivity contribution in [2.24, 2.45) is 0 Å². The van der Waals surface area contributed by atoms with Crippen LogP contribution in [0.2, 0.25) is 5.02 Å². The van der Waals surface area contributed by atoms with Gasteiger partial charge in [0, 0.05) is 11.1 Å². The summed E-state index contributed by atoms with van der Waals surface area (Å²) < 4.78 is 0. The molecule has 2 aromatic carbocycles. The van der Waals surface area contributed by atoms with Gasteiger partial charge in [0.1, 0.15) is 0 Å². The summed E-state index contributed by atoms with van der Waals surface area (Å²) in [5.74, 6) is 0.520. The van der Waals surface area contributed by atoms with Gasteiger partial charge in [-0.05, 0) is 36.6 Å². The summed E-state index contributed by atoms with van der Waals surface area (Å²) in [6, 6.07) is 18.3. The van der Waals surface area contributed by atoms with E-state index in [1.807, 2.05) is 49.4 Å². The van der Waals surface area contributed by atoms with E-state index in [-0.39, 0.29) is 17.2 Å². The van der Waals surface area contributed by atoms with Gasteiger partial charge < -0.3 is 5.32 Å². The minimum Gasteiger partial charge on any atom is -0.353 e. The number of hydrogen-bond donors (Lipinski definition) is 1. The molecule has 0 fully saturated rings. The van der Waals surface area contributed by atoms with Crippen LogP contribution in [0.4, 0.5) is 0 Å². The molecule has 0 aliphatic heterocycles. The van der Waals surface area contributed by atoms with Crippen molar-refractivity contribution >= 4 is 29.3 Å². The van der Waals surface area contributed by atoms with Crippen LogP contribution in [0.15, 0.2) is 54.6 Å². The third-order valence-corrected chi connectivity index (χ3v) is 5.23. The van der Waals surface area contributed by atoms with Crippen molar-refractivity contribution in [1.29, 1.82) is 0 Å². The molecule has 0 bridgehead atoms. The first-order chi connectivity index (χ1) is 11.1. The lowest BCUT2D eigenvalue weighted by Gasteiger charge is -2.18. The van der Waals surface area contributed by atoms with E-state index in [2.05, 4.69) is 24.4 Å². The van der Waals surface area contributed by atoms with Gasteiger partial charge in [0.05, 0.1) is 11.0 Å². The maximum absolute atomic E-state index is 12.1. The zero-order valence-corrected chi connectivity index (χ0v) is 15.0. The van der Waals surface area contributed by atoms with Crippen molar-refractivity contribution < 1.29 is 4.79 Å². The molecule has 4 heteroatoms.